The number of hydrogen-bond acceptors (Lipinski definition) is 4. The Labute approximate surface area is 225 Å². The van der Waals surface area contributed by atoms with Crippen LogP contribution in [-0.4, -0.2) is 59.2 Å². The number of aryl methyl sites for hydroxylation is 1. The summed E-state index contributed by atoms with van der Waals surface area (Å²) in [6.45, 7) is 5.49. The molecule has 2 amide bonds. The van der Waals surface area contributed by atoms with E-state index < -0.39 is 17.6 Å². The molecular formula is C29H32F3N3O2S. The van der Waals surface area contributed by atoms with Crippen LogP contribution in [-0.2, 0) is 24.1 Å². The van der Waals surface area contributed by atoms with Gasteiger partial charge in [0.25, 0.3) is 5.91 Å². The van der Waals surface area contributed by atoms with Gasteiger partial charge in [-0.2, -0.15) is 13.2 Å². The molecule has 5 nitrogen and oxygen atoms in total. The van der Waals surface area contributed by atoms with E-state index in [-0.39, 0.29) is 18.0 Å². The molecule has 1 aromatic heterocycles. The Balaban J connectivity index is 1.54. The second-order valence-corrected chi connectivity index (χ2v) is 10.6. The molecule has 1 aliphatic rings. The van der Waals surface area contributed by atoms with E-state index in [1.54, 1.807) is 16.2 Å². The highest BCUT2D eigenvalue weighted by Gasteiger charge is 2.31. The van der Waals surface area contributed by atoms with Crippen LogP contribution in [0.25, 0.3) is 0 Å². The minimum Gasteiger partial charge on any atom is -0.332 e. The number of thiophene rings is 1. The predicted octanol–water partition coefficient (Wildman–Crippen LogP) is 5.84. The molecule has 0 saturated carbocycles. The molecule has 3 aromatic rings. The number of carbonyl (C=O) groups excluding carboxylic acids is 2. The van der Waals surface area contributed by atoms with Crippen molar-refractivity contribution in [2.75, 3.05) is 32.7 Å². The second-order valence-electron chi connectivity index (χ2n) is 9.61. The number of hydrogen-bond donors (Lipinski definition) is 0. The molecule has 4 rings (SSSR count). The Morgan fingerprint density at radius 2 is 1.61 bits per heavy atom. The summed E-state index contributed by atoms with van der Waals surface area (Å²) >= 11 is 1.59. The lowest BCUT2D eigenvalue weighted by molar-refractivity contribution is -0.137. The highest BCUT2D eigenvalue weighted by atomic mass is 32.1. The van der Waals surface area contributed by atoms with Gasteiger partial charge in [0.1, 0.15) is 6.54 Å². The Hall–Kier alpha value is -3.17. The van der Waals surface area contributed by atoms with Crippen molar-refractivity contribution in [2.24, 2.45) is 0 Å². The van der Waals surface area contributed by atoms with Gasteiger partial charge >= 0.3 is 6.18 Å². The van der Waals surface area contributed by atoms with E-state index >= 15 is 0 Å². The first-order valence-electron chi connectivity index (χ1n) is 12.7. The van der Waals surface area contributed by atoms with Crippen molar-refractivity contribution in [2.45, 2.75) is 39.0 Å². The molecule has 2 aromatic carbocycles. The fourth-order valence-electron chi connectivity index (χ4n) is 4.54. The van der Waals surface area contributed by atoms with Gasteiger partial charge in [-0.05, 0) is 79.7 Å². The molecule has 0 atom stereocenters. The number of nitrogens with zero attached hydrogens (tertiary/aromatic N) is 3. The number of carbonyl (C=O) groups is 2. The topological polar surface area (TPSA) is 43.9 Å². The summed E-state index contributed by atoms with van der Waals surface area (Å²) in [4.78, 5) is 33.7. The molecule has 0 radical (unpaired) electrons. The Morgan fingerprint density at radius 3 is 2.21 bits per heavy atom. The summed E-state index contributed by atoms with van der Waals surface area (Å²) in [6.07, 6.45) is -2.29. The van der Waals surface area contributed by atoms with Crippen LogP contribution in [0.15, 0.2) is 66.0 Å². The summed E-state index contributed by atoms with van der Waals surface area (Å²) in [5, 5.41) is 1.99. The van der Waals surface area contributed by atoms with Gasteiger partial charge in [0.15, 0.2) is 0 Å². The first-order chi connectivity index (χ1) is 18.2. The number of amides is 2. The Bertz CT molecular complexity index is 1210. The largest absolute Gasteiger partial charge is 0.416 e. The van der Waals surface area contributed by atoms with E-state index in [4.69, 9.17) is 0 Å². The molecule has 1 aliphatic heterocycles. The van der Waals surface area contributed by atoms with Crippen molar-refractivity contribution in [1.82, 2.24) is 14.7 Å². The lowest BCUT2D eigenvalue weighted by Crippen LogP contribution is -2.45. The minimum absolute atomic E-state index is 0.135. The van der Waals surface area contributed by atoms with Crippen molar-refractivity contribution in [3.63, 3.8) is 0 Å². The summed E-state index contributed by atoms with van der Waals surface area (Å²) < 4.78 is 39.1. The first-order valence-corrected chi connectivity index (χ1v) is 13.6. The minimum atomic E-state index is -4.48. The van der Waals surface area contributed by atoms with Gasteiger partial charge in [0.2, 0.25) is 5.91 Å². The molecule has 0 aliphatic carbocycles. The number of likely N-dealkylation sites (tertiary alicyclic amines) is 1. The van der Waals surface area contributed by atoms with Crippen LogP contribution in [0.2, 0.25) is 0 Å². The van der Waals surface area contributed by atoms with Gasteiger partial charge in [-0.25, -0.2) is 0 Å². The quantitative estimate of drug-likeness (QED) is 0.323. The monoisotopic (exact) mass is 543 g/mol. The molecule has 202 valence electrons. The van der Waals surface area contributed by atoms with Crippen LogP contribution in [0.5, 0.6) is 0 Å². The summed E-state index contributed by atoms with van der Waals surface area (Å²) in [5.41, 5.74) is 1.41. The molecular weight excluding hydrogens is 511 g/mol. The van der Waals surface area contributed by atoms with E-state index in [1.807, 2.05) is 48.7 Å². The number of rotatable bonds is 10. The summed E-state index contributed by atoms with van der Waals surface area (Å²) in [7, 11) is 0. The maximum Gasteiger partial charge on any atom is 0.416 e. The van der Waals surface area contributed by atoms with Gasteiger partial charge in [-0.3, -0.25) is 9.59 Å². The lowest BCUT2D eigenvalue weighted by Gasteiger charge is -2.29. The normalized spacial score (nSPS) is 14.0. The average molecular weight is 544 g/mol. The van der Waals surface area contributed by atoms with E-state index in [2.05, 4.69) is 4.90 Å². The van der Waals surface area contributed by atoms with Gasteiger partial charge in [-0.15, -0.1) is 11.3 Å². The second kappa shape index (κ2) is 12.6. The fraction of sp³-hybridized carbons (Fsp3) is 0.379. The maximum absolute atomic E-state index is 13.7. The van der Waals surface area contributed by atoms with Crippen LogP contribution < -0.4 is 0 Å². The summed E-state index contributed by atoms with van der Waals surface area (Å²) in [5.74, 6) is -0.651. The van der Waals surface area contributed by atoms with Gasteiger partial charge in [0.05, 0.1) is 12.1 Å². The van der Waals surface area contributed by atoms with Gasteiger partial charge < -0.3 is 14.7 Å². The van der Waals surface area contributed by atoms with E-state index in [1.165, 1.54) is 17.0 Å². The first kappa shape index (κ1) is 27.9. The molecule has 0 unspecified atom stereocenters. The number of alkyl halides is 3. The van der Waals surface area contributed by atoms with E-state index in [9.17, 15) is 22.8 Å². The third-order valence-electron chi connectivity index (χ3n) is 6.83. The van der Waals surface area contributed by atoms with Gasteiger partial charge in [0, 0.05) is 30.1 Å². The molecule has 0 N–H and O–H groups in total. The van der Waals surface area contributed by atoms with Crippen molar-refractivity contribution in [3.8, 4) is 0 Å². The zero-order chi connectivity index (χ0) is 27.1. The third kappa shape index (κ3) is 7.45. The highest BCUT2D eigenvalue weighted by molar-refractivity contribution is 7.10. The molecule has 1 fully saturated rings. The van der Waals surface area contributed by atoms with E-state index in [0.29, 0.717) is 26.2 Å². The summed E-state index contributed by atoms with van der Waals surface area (Å²) in [6, 6.07) is 15.9. The van der Waals surface area contributed by atoms with Crippen molar-refractivity contribution in [3.05, 3.63) is 93.2 Å². The van der Waals surface area contributed by atoms with Crippen molar-refractivity contribution in [1.29, 1.82) is 0 Å². The molecule has 0 bridgehead atoms. The van der Waals surface area contributed by atoms with Gasteiger partial charge in [-0.1, -0.05) is 30.3 Å². The zero-order valence-electron chi connectivity index (χ0n) is 21.4. The Kier molecular flexibility index (Phi) is 9.22. The van der Waals surface area contributed by atoms with Crippen molar-refractivity contribution >= 4 is 23.2 Å². The van der Waals surface area contributed by atoms with Crippen LogP contribution in [0.3, 0.4) is 0 Å². The average Bonchev–Trinajstić information content (AvgIpc) is 3.57. The van der Waals surface area contributed by atoms with Crippen LogP contribution in [0.4, 0.5) is 13.2 Å². The van der Waals surface area contributed by atoms with Crippen LogP contribution >= 0.6 is 11.3 Å². The SMILES string of the molecule is Cc1ccsc1CN(Cc1ccccc1)C(=O)CN(CCN1CCCC1)C(=O)c1ccc(C(F)(F)F)cc1. The third-order valence-corrected chi connectivity index (χ3v) is 7.84. The number of benzene rings is 2. The highest BCUT2D eigenvalue weighted by Crippen LogP contribution is 2.29. The van der Waals surface area contributed by atoms with Crippen LogP contribution in [0, 0.1) is 6.92 Å². The molecule has 38 heavy (non-hydrogen) atoms. The number of halogens is 3. The predicted molar refractivity (Wildman–Crippen MR) is 143 cm³/mol. The molecule has 9 heteroatoms. The lowest BCUT2D eigenvalue weighted by atomic mass is 10.1. The fourth-order valence-corrected chi connectivity index (χ4v) is 5.46. The van der Waals surface area contributed by atoms with E-state index in [0.717, 1.165) is 54.1 Å². The van der Waals surface area contributed by atoms with Crippen molar-refractivity contribution < 1.29 is 22.8 Å². The molecule has 1 saturated heterocycles. The standard InChI is InChI=1S/C29H32F3N3O2S/c1-22-13-18-38-26(22)20-35(19-23-7-3-2-4-8-23)27(36)21-34(17-16-33-14-5-6-15-33)28(37)24-9-11-25(12-10-24)29(30,31)32/h2-4,7-13,18H,5-6,14-17,19-21H2,1H3. The van der Waals surface area contributed by atoms with Crippen LogP contribution in [0.1, 0.15) is 44.8 Å². The Morgan fingerprint density at radius 1 is 0.921 bits per heavy atom. The zero-order valence-corrected chi connectivity index (χ0v) is 22.2. The molecule has 2 heterocycles. The maximum atomic E-state index is 13.7. The smallest absolute Gasteiger partial charge is 0.332 e. The molecule has 0 spiro atoms.